The van der Waals surface area contributed by atoms with Crippen molar-refractivity contribution >= 4 is 27.9 Å². The van der Waals surface area contributed by atoms with Crippen molar-refractivity contribution in [1.29, 1.82) is 0 Å². The molecule has 0 saturated carbocycles. The normalized spacial score (nSPS) is 13.2. The Morgan fingerprint density at radius 3 is 2.14 bits per heavy atom. The van der Waals surface area contributed by atoms with Crippen molar-refractivity contribution in [1.82, 2.24) is 0 Å². The highest BCUT2D eigenvalue weighted by Crippen LogP contribution is 2.40. The fourth-order valence-corrected chi connectivity index (χ4v) is 5.70. The van der Waals surface area contributed by atoms with Gasteiger partial charge in [-0.2, -0.15) is 0 Å². The molecule has 0 amide bonds. The maximum atomic E-state index is 6.37. The van der Waals surface area contributed by atoms with Gasteiger partial charge in [-0.05, 0) is 77.9 Å². The van der Waals surface area contributed by atoms with Gasteiger partial charge in [0.2, 0.25) is 0 Å². The number of anilines is 2. The summed E-state index contributed by atoms with van der Waals surface area (Å²) in [5.41, 5.74) is 11.0. The van der Waals surface area contributed by atoms with Crippen molar-refractivity contribution in [3.8, 4) is 11.1 Å². The molecular weight excluding hydrogens is 510 g/mol. The Kier molecular flexibility index (Phi) is 7.87. The van der Waals surface area contributed by atoms with Crippen molar-refractivity contribution in [3.05, 3.63) is 175 Å². The van der Waals surface area contributed by atoms with Gasteiger partial charge >= 0.3 is 0 Å². The van der Waals surface area contributed by atoms with E-state index in [1.165, 1.54) is 22.1 Å². The van der Waals surface area contributed by atoms with E-state index in [0.717, 1.165) is 64.4 Å². The molecule has 0 unspecified atom stereocenters. The molecule has 0 spiro atoms. The van der Waals surface area contributed by atoms with Crippen LogP contribution in [0.3, 0.4) is 0 Å². The molecule has 2 nitrogen and oxygen atoms in total. The van der Waals surface area contributed by atoms with Crippen LogP contribution in [-0.4, -0.2) is 0 Å². The number of furan rings is 1. The fraction of sp³-hybridized carbons (Fsp3) is 0.100. The first-order valence-electron chi connectivity index (χ1n) is 14.6. The molecular formula is C40H35NO. The SMILES string of the molecule is C=C/C=C(\C(=C)/C=C/CC)N(c1ccc(C2=CCCc3c2oc2ccccc32)cc1)c1ccc(-c2ccccc2)cc1. The van der Waals surface area contributed by atoms with Gasteiger partial charge in [0.1, 0.15) is 11.3 Å². The molecule has 0 atom stereocenters. The van der Waals surface area contributed by atoms with Crippen molar-refractivity contribution in [2.75, 3.05) is 4.90 Å². The van der Waals surface area contributed by atoms with E-state index < -0.39 is 0 Å². The predicted molar refractivity (Wildman–Crippen MR) is 179 cm³/mol. The van der Waals surface area contributed by atoms with Crippen LogP contribution in [0.15, 0.2) is 162 Å². The van der Waals surface area contributed by atoms with E-state index in [9.17, 15) is 0 Å². The summed E-state index contributed by atoms with van der Waals surface area (Å²) in [6.07, 6.45) is 13.3. The van der Waals surface area contributed by atoms with Gasteiger partial charge < -0.3 is 9.32 Å². The van der Waals surface area contributed by atoms with Crippen LogP contribution in [0.4, 0.5) is 11.4 Å². The summed E-state index contributed by atoms with van der Waals surface area (Å²) in [5, 5.41) is 1.22. The van der Waals surface area contributed by atoms with Gasteiger partial charge in [-0.15, -0.1) is 0 Å². The summed E-state index contributed by atoms with van der Waals surface area (Å²) < 4.78 is 6.37. The van der Waals surface area contributed by atoms with Crippen LogP contribution in [0, 0.1) is 0 Å². The van der Waals surface area contributed by atoms with E-state index in [1.807, 2.05) is 24.3 Å². The standard InChI is InChI=1S/C40H35NO/c1-4-6-14-29(3)38(13-5-2)41(33-25-21-31(22-26-33)30-15-8-7-9-16-30)34-27-23-32(24-28-34)35-18-12-19-37-36-17-10-11-20-39(36)42-40(35)37/h5-11,13-18,20-28H,2-4,12,19H2,1H3/b14-6+,38-13+. The molecule has 42 heavy (non-hydrogen) atoms. The molecule has 1 aromatic heterocycles. The molecule has 0 saturated heterocycles. The summed E-state index contributed by atoms with van der Waals surface area (Å²) in [6, 6.07) is 36.3. The molecule has 1 aliphatic rings. The summed E-state index contributed by atoms with van der Waals surface area (Å²) in [6.45, 7) is 10.6. The lowest BCUT2D eigenvalue weighted by Gasteiger charge is -2.29. The van der Waals surface area contributed by atoms with Crippen LogP contribution in [0.1, 0.15) is 36.7 Å². The molecule has 6 rings (SSSR count). The summed E-state index contributed by atoms with van der Waals surface area (Å²) in [7, 11) is 0. The van der Waals surface area contributed by atoms with Crippen molar-refractivity contribution in [2.45, 2.75) is 26.2 Å². The fourth-order valence-electron chi connectivity index (χ4n) is 5.70. The van der Waals surface area contributed by atoms with Gasteiger partial charge in [0.05, 0.1) is 5.70 Å². The van der Waals surface area contributed by atoms with Crippen LogP contribution >= 0.6 is 0 Å². The molecule has 0 aliphatic heterocycles. The summed E-state index contributed by atoms with van der Waals surface area (Å²) >= 11 is 0. The highest BCUT2D eigenvalue weighted by Gasteiger charge is 2.22. The van der Waals surface area contributed by atoms with E-state index in [2.05, 4.69) is 134 Å². The van der Waals surface area contributed by atoms with E-state index in [-0.39, 0.29) is 0 Å². The second-order valence-corrected chi connectivity index (χ2v) is 10.5. The number of aryl methyl sites for hydroxylation is 1. The molecule has 5 aromatic rings. The third-order valence-electron chi connectivity index (χ3n) is 7.76. The van der Waals surface area contributed by atoms with E-state index >= 15 is 0 Å². The van der Waals surface area contributed by atoms with Crippen molar-refractivity contribution in [3.63, 3.8) is 0 Å². The van der Waals surface area contributed by atoms with Crippen molar-refractivity contribution < 1.29 is 4.42 Å². The number of hydrogen-bond acceptors (Lipinski definition) is 2. The van der Waals surface area contributed by atoms with E-state index in [1.54, 1.807) is 0 Å². The van der Waals surface area contributed by atoms with Crippen LogP contribution in [-0.2, 0) is 6.42 Å². The number of hydrogen-bond donors (Lipinski definition) is 0. The number of allylic oxidation sites excluding steroid dienone is 5. The highest BCUT2D eigenvalue weighted by atomic mass is 16.3. The molecule has 1 aliphatic carbocycles. The van der Waals surface area contributed by atoms with Gasteiger partial charge in [-0.25, -0.2) is 0 Å². The molecule has 2 heteroatoms. The van der Waals surface area contributed by atoms with E-state index in [4.69, 9.17) is 4.42 Å². The van der Waals surface area contributed by atoms with Crippen LogP contribution in [0.2, 0.25) is 0 Å². The molecule has 0 radical (unpaired) electrons. The van der Waals surface area contributed by atoms with Crippen LogP contribution in [0.25, 0.3) is 27.7 Å². The minimum Gasteiger partial charge on any atom is -0.456 e. The monoisotopic (exact) mass is 545 g/mol. The average molecular weight is 546 g/mol. The molecule has 206 valence electrons. The van der Waals surface area contributed by atoms with E-state index in [0.29, 0.717) is 0 Å². The third-order valence-corrected chi connectivity index (χ3v) is 7.76. The zero-order valence-corrected chi connectivity index (χ0v) is 24.1. The molecule has 0 bridgehead atoms. The Bertz CT molecular complexity index is 1810. The smallest absolute Gasteiger partial charge is 0.138 e. The highest BCUT2D eigenvalue weighted by molar-refractivity contribution is 5.91. The average Bonchev–Trinajstić information content (AvgIpc) is 3.43. The molecule has 4 aromatic carbocycles. The number of benzene rings is 4. The Hall–Kier alpha value is -5.08. The lowest BCUT2D eigenvalue weighted by Crippen LogP contribution is -2.17. The number of rotatable bonds is 9. The maximum Gasteiger partial charge on any atom is 0.138 e. The van der Waals surface area contributed by atoms with Gasteiger partial charge in [-0.3, -0.25) is 0 Å². The Labute approximate surface area is 248 Å². The lowest BCUT2D eigenvalue weighted by molar-refractivity contribution is 0.591. The molecule has 1 heterocycles. The first kappa shape index (κ1) is 27.1. The largest absolute Gasteiger partial charge is 0.456 e. The third kappa shape index (κ3) is 5.32. The Morgan fingerprint density at radius 2 is 1.45 bits per heavy atom. The number of para-hydroxylation sites is 1. The van der Waals surface area contributed by atoms with Gasteiger partial charge in [0.15, 0.2) is 0 Å². The van der Waals surface area contributed by atoms with Crippen molar-refractivity contribution in [2.24, 2.45) is 0 Å². The Balaban J connectivity index is 1.40. The second-order valence-electron chi connectivity index (χ2n) is 10.5. The first-order valence-corrected chi connectivity index (χ1v) is 14.6. The van der Waals surface area contributed by atoms with Crippen LogP contribution < -0.4 is 4.90 Å². The van der Waals surface area contributed by atoms with Crippen LogP contribution in [0.5, 0.6) is 0 Å². The number of fused-ring (bicyclic) bond motifs is 3. The summed E-state index contributed by atoms with van der Waals surface area (Å²) in [4.78, 5) is 2.25. The molecule has 0 N–H and O–H groups in total. The zero-order chi connectivity index (χ0) is 28.9. The van der Waals surface area contributed by atoms with Gasteiger partial charge in [-0.1, -0.05) is 117 Å². The zero-order valence-electron chi connectivity index (χ0n) is 24.1. The molecule has 0 fully saturated rings. The first-order chi connectivity index (χ1) is 20.7. The second kappa shape index (κ2) is 12.2. The lowest BCUT2D eigenvalue weighted by atomic mass is 9.91. The number of nitrogens with zero attached hydrogens (tertiary/aromatic N) is 1. The van der Waals surface area contributed by atoms with Gasteiger partial charge in [0.25, 0.3) is 0 Å². The Morgan fingerprint density at radius 1 is 0.810 bits per heavy atom. The topological polar surface area (TPSA) is 16.4 Å². The minimum atomic E-state index is 0.926. The summed E-state index contributed by atoms with van der Waals surface area (Å²) in [5.74, 6) is 0.994. The maximum absolute atomic E-state index is 6.37. The quantitative estimate of drug-likeness (QED) is 0.171. The minimum absolute atomic E-state index is 0.926. The van der Waals surface area contributed by atoms with Gasteiger partial charge in [0, 0.05) is 27.9 Å². The predicted octanol–water partition coefficient (Wildman–Crippen LogP) is 11.2.